The van der Waals surface area contributed by atoms with Gasteiger partial charge in [-0.15, -0.1) is 0 Å². The molecule has 2 aromatic carbocycles. The van der Waals surface area contributed by atoms with Gasteiger partial charge in [0.25, 0.3) is 5.91 Å². The third kappa shape index (κ3) is 5.50. The van der Waals surface area contributed by atoms with Crippen LogP contribution in [0.5, 0.6) is 0 Å². The number of rotatable bonds is 5. The Hall–Kier alpha value is -2.51. The Bertz CT molecular complexity index is 877. The van der Waals surface area contributed by atoms with E-state index in [9.17, 15) is 13.8 Å². The van der Waals surface area contributed by atoms with Gasteiger partial charge in [0.1, 0.15) is 11.0 Å². The Morgan fingerprint density at radius 1 is 0.893 bits per heavy atom. The molecule has 28 heavy (non-hydrogen) atoms. The monoisotopic (exact) mass is 399 g/mol. The van der Waals surface area contributed by atoms with Crippen LogP contribution in [-0.2, 0) is 15.8 Å². The predicted molar refractivity (Wildman–Crippen MR) is 112 cm³/mol. The van der Waals surface area contributed by atoms with E-state index in [0.717, 1.165) is 25.9 Å². The van der Waals surface area contributed by atoms with Gasteiger partial charge >= 0.3 is 0 Å². The van der Waals surface area contributed by atoms with Gasteiger partial charge in [-0.25, -0.2) is 8.51 Å². The topological polar surface area (TPSA) is 78.5 Å². The maximum Gasteiger partial charge on any atom is 0.255 e. The second kappa shape index (κ2) is 9.61. The molecule has 0 saturated carbocycles. The number of nitrogens with one attached hydrogen (secondary N) is 2. The third-order valence-corrected chi connectivity index (χ3v) is 6.03. The number of amides is 2. The zero-order valence-electron chi connectivity index (χ0n) is 15.9. The molecule has 148 valence electrons. The minimum Gasteiger partial charge on any atom is -0.326 e. The summed E-state index contributed by atoms with van der Waals surface area (Å²) in [6, 6.07) is 13.9. The lowest BCUT2D eigenvalue weighted by atomic mass is 10.2. The van der Waals surface area contributed by atoms with Crippen LogP contribution >= 0.6 is 0 Å². The molecule has 6 nitrogen and oxygen atoms in total. The van der Waals surface area contributed by atoms with E-state index in [1.165, 1.54) is 19.8 Å². The van der Waals surface area contributed by atoms with E-state index in [-0.39, 0.29) is 11.8 Å². The molecule has 1 atom stereocenters. The smallest absolute Gasteiger partial charge is 0.255 e. The van der Waals surface area contributed by atoms with Gasteiger partial charge in [0, 0.05) is 37.0 Å². The van der Waals surface area contributed by atoms with Crippen molar-refractivity contribution in [2.45, 2.75) is 37.5 Å². The van der Waals surface area contributed by atoms with E-state index in [1.807, 2.05) is 4.31 Å². The highest BCUT2D eigenvalue weighted by atomic mass is 32.2. The molecule has 1 heterocycles. The molecule has 0 aliphatic carbocycles. The molecular weight excluding hydrogens is 374 g/mol. The second-order valence-corrected chi connectivity index (χ2v) is 8.32. The Morgan fingerprint density at radius 3 is 2.21 bits per heavy atom. The number of hydrogen-bond donors (Lipinski definition) is 2. The summed E-state index contributed by atoms with van der Waals surface area (Å²) in [6.07, 6.45) is 4.45. The maximum absolute atomic E-state index is 12.9. The summed E-state index contributed by atoms with van der Waals surface area (Å²) in [5.41, 5.74) is 1.64. The number of hydrogen-bond acceptors (Lipinski definition) is 3. The van der Waals surface area contributed by atoms with Crippen molar-refractivity contribution in [3.8, 4) is 0 Å². The minimum absolute atomic E-state index is 0.174. The van der Waals surface area contributed by atoms with E-state index in [1.54, 1.807) is 48.5 Å². The molecule has 1 aliphatic rings. The van der Waals surface area contributed by atoms with Crippen molar-refractivity contribution in [2.24, 2.45) is 0 Å². The highest BCUT2D eigenvalue weighted by Gasteiger charge is 2.18. The van der Waals surface area contributed by atoms with Crippen LogP contribution in [0.2, 0.25) is 0 Å². The van der Waals surface area contributed by atoms with Gasteiger partial charge in [0.15, 0.2) is 0 Å². The maximum atomic E-state index is 12.9. The van der Waals surface area contributed by atoms with Gasteiger partial charge in [-0.1, -0.05) is 25.0 Å². The summed E-state index contributed by atoms with van der Waals surface area (Å²) in [4.78, 5) is 24.5. The number of carbonyl (C=O) groups is 2. The van der Waals surface area contributed by atoms with Crippen LogP contribution < -0.4 is 10.6 Å². The number of anilines is 2. The molecule has 1 saturated heterocycles. The van der Waals surface area contributed by atoms with Gasteiger partial charge in [-0.05, 0) is 49.2 Å². The summed E-state index contributed by atoms with van der Waals surface area (Å²) in [6.45, 7) is 3.07. The Kier molecular flexibility index (Phi) is 6.95. The summed E-state index contributed by atoms with van der Waals surface area (Å²) in [7, 11) is -1.26. The van der Waals surface area contributed by atoms with Gasteiger partial charge in [0.05, 0.1) is 4.90 Å². The average molecular weight is 400 g/mol. The van der Waals surface area contributed by atoms with Crippen molar-refractivity contribution in [1.29, 1.82) is 0 Å². The third-order valence-electron chi connectivity index (χ3n) is 4.54. The van der Waals surface area contributed by atoms with Gasteiger partial charge in [-0.2, -0.15) is 0 Å². The first-order valence-corrected chi connectivity index (χ1v) is 10.6. The first kappa shape index (κ1) is 20.2. The van der Waals surface area contributed by atoms with Crippen molar-refractivity contribution in [1.82, 2.24) is 4.31 Å². The first-order valence-electron chi connectivity index (χ1n) is 9.49. The zero-order chi connectivity index (χ0) is 19.9. The minimum atomic E-state index is -1.26. The second-order valence-electron chi connectivity index (χ2n) is 6.84. The molecule has 7 heteroatoms. The predicted octanol–water partition coefficient (Wildman–Crippen LogP) is 3.80. The molecular formula is C21H25N3O3S. The van der Waals surface area contributed by atoms with Crippen LogP contribution in [0.25, 0.3) is 0 Å². The number of carbonyl (C=O) groups excluding carboxylic acids is 2. The quantitative estimate of drug-likeness (QED) is 0.803. The molecule has 2 amide bonds. The van der Waals surface area contributed by atoms with E-state index in [0.29, 0.717) is 21.8 Å². The Balaban J connectivity index is 1.71. The number of benzene rings is 2. The molecule has 3 rings (SSSR count). The fourth-order valence-electron chi connectivity index (χ4n) is 3.18. The Morgan fingerprint density at radius 2 is 1.54 bits per heavy atom. The van der Waals surface area contributed by atoms with Crippen molar-refractivity contribution >= 4 is 34.2 Å². The van der Waals surface area contributed by atoms with Crippen LogP contribution in [0.4, 0.5) is 11.4 Å². The molecule has 0 aromatic heterocycles. The standard InChI is InChI=1S/C21H25N3O3S/c1-16(25)22-18-9-7-10-19(15-18)23-21(26)17-8-6-11-20(14-17)28(27)24-12-4-2-3-5-13-24/h6-11,14-15H,2-5,12-13H2,1H3,(H,22,25)(H,23,26). The lowest BCUT2D eigenvalue weighted by molar-refractivity contribution is -0.114. The fraction of sp³-hybridized carbons (Fsp3) is 0.333. The summed E-state index contributed by atoms with van der Waals surface area (Å²) < 4.78 is 14.9. The fourth-order valence-corrected chi connectivity index (χ4v) is 4.49. The van der Waals surface area contributed by atoms with Crippen LogP contribution in [-0.4, -0.2) is 33.4 Å². The molecule has 1 aliphatic heterocycles. The van der Waals surface area contributed by atoms with Crippen LogP contribution in [0.15, 0.2) is 53.4 Å². The lowest BCUT2D eigenvalue weighted by Gasteiger charge is -2.18. The highest BCUT2D eigenvalue weighted by molar-refractivity contribution is 7.82. The molecule has 0 spiro atoms. The number of nitrogens with zero attached hydrogens (tertiary/aromatic N) is 1. The summed E-state index contributed by atoms with van der Waals surface area (Å²) in [5.74, 6) is -0.457. The van der Waals surface area contributed by atoms with Gasteiger partial charge in [-0.3, -0.25) is 9.59 Å². The van der Waals surface area contributed by atoms with E-state index in [2.05, 4.69) is 10.6 Å². The van der Waals surface area contributed by atoms with E-state index < -0.39 is 11.0 Å². The summed E-state index contributed by atoms with van der Waals surface area (Å²) >= 11 is 0. The van der Waals surface area contributed by atoms with Crippen LogP contribution in [0.3, 0.4) is 0 Å². The normalized spacial score (nSPS) is 16.0. The molecule has 1 unspecified atom stereocenters. The van der Waals surface area contributed by atoms with Crippen LogP contribution in [0.1, 0.15) is 43.0 Å². The molecule has 1 fully saturated rings. The molecule has 2 N–H and O–H groups in total. The Labute approximate surface area is 167 Å². The largest absolute Gasteiger partial charge is 0.326 e. The first-order chi connectivity index (χ1) is 13.5. The zero-order valence-corrected chi connectivity index (χ0v) is 16.8. The molecule has 0 bridgehead atoms. The van der Waals surface area contributed by atoms with Crippen LogP contribution in [0, 0.1) is 0 Å². The van der Waals surface area contributed by atoms with Crippen molar-refractivity contribution in [2.75, 3.05) is 23.7 Å². The van der Waals surface area contributed by atoms with E-state index in [4.69, 9.17) is 0 Å². The van der Waals surface area contributed by atoms with E-state index >= 15 is 0 Å². The highest BCUT2D eigenvalue weighted by Crippen LogP contribution is 2.20. The SMILES string of the molecule is CC(=O)Nc1cccc(NC(=O)c2cccc(S(=O)N3CCCCCC3)c2)c1. The molecule has 0 radical (unpaired) electrons. The van der Waals surface area contributed by atoms with Crippen molar-refractivity contribution < 1.29 is 13.8 Å². The van der Waals surface area contributed by atoms with Crippen molar-refractivity contribution in [3.63, 3.8) is 0 Å². The van der Waals surface area contributed by atoms with Crippen molar-refractivity contribution in [3.05, 3.63) is 54.1 Å². The average Bonchev–Trinajstić information content (AvgIpc) is 2.97. The lowest BCUT2D eigenvalue weighted by Crippen LogP contribution is -2.27. The van der Waals surface area contributed by atoms with Gasteiger partial charge in [0.2, 0.25) is 5.91 Å². The van der Waals surface area contributed by atoms with Gasteiger partial charge < -0.3 is 10.6 Å². The molecule has 2 aromatic rings. The summed E-state index contributed by atoms with van der Waals surface area (Å²) in [5, 5.41) is 5.51.